The summed E-state index contributed by atoms with van der Waals surface area (Å²) in [5, 5.41) is 20.9. The van der Waals surface area contributed by atoms with Crippen molar-refractivity contribution in [2.24, 2.45) is 0 Å². The van der Waals surface area contributed by atoms with E-state index >= 15 is 0 Å². The van der Waals surface area contributed by atoms with E-state index in [1.165, 1.54) is 6.20 Å². The Kier molecular flexibility index (Phi) is 6.55. The number of rotatable bonds is 3. The van der Waals surface area contributed by atoms with Crippen molar-refractivity contribution in [3.8, 4) is 12.1 Å². The van der Waals surface area contributed by atoms with Gasteiger partial charge in [-0.25, -0.2) is 4.79 Å². The van der Waals surface area contributed by atoms with Crippen LogP contribution in [0.1, 0.15) is 20.8 Å². The summed E-state index contributed by atoms with van der Waals surface area (Å²) in [5.74, 6) is 0. The van der Waals surface area contributed by atoms with Crippen LogP contribution in [0, 0.1) is 22.7 Å². The molecule has 1 N–H and O–H groups in total. The van der Waals surface area contributed by atoms with Crippen LogP contribution in [0.25, 0.3) is 0 Å². The molecule has 1 amide bonds. The summed E-state index contributed by atoms with van der Waals surface area (Å²) in [6.07, 6.45) is 1.04. The SMILES string of the molecule is CC(C)(C)OC(=O)N1CCN(c2ccc(NC=C(C#N)C#N)cc2Cl)CC1. The fourth-order valence-electron chi connectivity index (χ4n) is 2.55. The zero-order valence-electron chi connectivity index (χ0n) is 15.6. The molecule has 0 saturated carbocycles. The second-order valence-electron chi connectivity index (χ2n) is 7.05. The molecule has 0 atom stereocenters. The van der Waals surface area contributed by atoms with Crippen molar-refractivity contribution in [3.63, 3.8) is 0 Å². The van der Waals surface area contributed by atoms with Gasteiger partial charge in [-0.3, -0.25) is 0 Å². The van der Waals surface area contributed by atoms with E-state index in [1.807, 2.05) is 32.9 Å². The predicted octanol–water partition coefficient (Wildman–Crippen LogP) is 3.74. The number of carbonyl (C=O) groups is 1. The number of nitriles is 2. The number of halogens is 1. The number of allylic oxidation sites excluding steroid dienone is 1. The van der Waals surface area contributed by atoms with E-state index in [1.54, 1.807) is 23.1 Å². The molecule has 0 unspecified atom stereocenters. The van der Waals surface area contributed by atoms with E-state index in [9.17, 15) is 4.79 Å². The normalized spacial score (nSPS) is 14.0. The molecule has 7 nitrogen and oxygen atoms in total. The molecule has 0 bridgehead atoms. The van der Waals surface area contributed by atoms with Crippen molar-refractivity contribution < 1.29 is 9.53 Å². The largest absolute Gasteiger partial charge is 0.444 e. The Morgan fingerprint density at radius 2 is 1.85 bits per heavy atom. The first-order valence-electron chi connectivity index (χ1n) is 8.53. The maximum absolute atomic E-state index is 12.1. The Labute approximate surface area is 164 Å². The number of carbonyl (C=O) groups excluding carboxylic acids is 1. The van der Waals surface area contributed by atoms with Gasteiger partial charge in [-0.05, 0) is 39.0 Å². The summed E-state index contributed by atoms with van der Waals surface area (Å²) >= 11 is 6.39. The number of nitrogens with zero attached hydrogens (tertiary/aromatic N) is 4. The first-order valence-corrected chi connectivity index (χ1v) is 8.90. The smallest absolute Gasteiger partial charge is 0.410 e. The molecule has 1 saturated heterocycles. The number of benzene rings is 1. The van der Waals surface area contributed by atoms with Crippen molar-refractivity contribution in [2.75, 3.05) is 36.4 Å². The maximum Gasteiger partial charge on any atom is 0.410 e. The molecule has 2 rings (SSSR count). The molecular formula is C19H22ClN5O2. The summed E-state index contributed by atoms with van der Waals surface area (Å²) in [4.78, 5) is 16.0. The lowest BCUT2D eigenvalue weighted by Gasteiger charge is -2.37. The van der Waals surface area contributed by atoms with E-state index in [-0.39, 0.29) is 11.7 Å². The Morgan fingerprint density at radius 3 is 2.37 bits per heavy atom. The minimum absolute atomic E-state index is 0.0199. The summed E-state index contributed by atoms with van der Waals surface area (Å²) in [6, 6.07) is 9.00. The van der Waals surface area contributed by atoms with Crippen LogP contribution in [0.5, 0.6) is 0 Å². The zero-order chi connectivity index (χ0) is 20.0. The lowest BCUT2D eigenvalue weighted by atomic mass is 10.2. The van der Waals surface area contributed by atoms with Gasteiger partial charge in [-0.2, -0.15) is 10.5 Å². The van der Waals surface area contributed by atoms with Crippen molar-refractivity contribution >= 4 is 29.1 Å². The number of hydrogen-bond donors (Lipinski definition) is 1. The third kappa shape index (κ3) is 5.80. The number of hydrogen-bond acceptors (Lipinski definition) is 6. The Bertz CT molecular complexity index is 793. The number of anilines is 2. The average molecular weight is 388 g/mol. The number of ether oxygens (including phenoxy) is 1. The van der Waals surface area contributed by atoms with Gasteiger partial charge in [0, 0.05) is 38.1 Å². The summed E-state index contributed by atoms with van der Waals surface area (Å²) in [6.45, 7) is 7.96. The molecule has 1 heterocycles. The van der Waals surface area contributed by atoms with Crippen LogP contribution >= 0.6 is 11.6 Å². The third-order valence-electron chi connectivity index (χ3n) is 3.84. The highest BCUT2D eigenvalue weighted by Gasteiger charge is 2.26. The Hall–Kier alpha value is -2.90. The van der Waals surface area contributed by atoms with Gasteiger partial charge in [0.05, 0.1) is 10.7 Å². The monoisotopic (exact) mass is 387 g/mol. The minimum atomic E-state index is -0.508. The highest BCUT2D eigenvalue weighted by molar-refractivity contribution is 6.33. The summed E-state index contributed by atoms with van der Waals surface area (Å²) < 4.78 is 5.41. The van der Waals surface area contributed by atoms with Crippen molar-refractivity contribution in [1.29, 1.82) is 10.5 Å². The van der Waals surface area contributed by atoms with Crippen molar-refractivity contribution in [1.82, 2.24) is 4.90 Å². The van der Waals surface area contributed by atoms with Gasteiger partial charge in [-0.15, -0.1) is 0 Å². The first-order chi connectivity index (χ1) is 12.7. The quantitative estimate of drug-likeness (QED) is 0.794. The Morgan fingerprint density at radius 1 is 1.22 bits per heavy atom. The zero-order valence-corrected chi connectivity index (χ0v) is 16.4. The first kappa shape index (κ1) is 20.4. The van der Waals surface area contributed by atoms with Crippen LogP contribution in [0.15, 0.2) is 30.0 Å². The van der Waals surface area contributed by atoms with Crippen LogP contribution in [0.2, 0.25) is 5.02 Å². The molecular weight excluding hydrogens is 366 g/mol. The van der Waals surface area contributed by atoms with Crippen LogP contribution < -0.4 is 10.2 Å². The third-order valence-corrected chi connectivity index (χ3v) is 4.15. The summed E-state index contributed by atoms with van der Waals surface area (Å²) in [5.41, 5.74) is 1.02. The molecule has 27 heavy (non-hydrogen) atoms. The highest BCUT2D eigenvalue weighted by Crippen LogP contribution is 2.30. The van der Waals surface area contributed by atoms with Crippen LogP contribution in [0.4, 0.5) is 16.2 Å². The molecule has 1 aromatic rings. The van der Waals surface area contributed by atoms with Crippen molar-refractivity contribution in [2.45, 2.75) is 26.4 Å². The van der Waals surface area contributed by atoms with E-state index in [0.29, 0.717) is 36.9 Å². The topological polar surface area (TPSA) is 92.4 Å². The highest BCUT2D eigenvalue weighted by atomic mass is 35.5. The second-order valence-corrected chi connectivity index (χ2v) is 7.45. The second kappa shape index (κ2) is 8.66. The van der Waals surface area contributed by atoms with Gasteiger partial charge in [-0.1, -0.05) is 11.6 Å². The van der Waals surface area contributed by atoms with Gasteiger partial charge < -0.3 is 19.9 Å². The Balaban J connectivity index is 1.99. The fourth-order valence-corrected chi connectivity index (χ4v) is 2.85. The predicted molar refractivity (Wildman–Crippen MR) is 104 cm³/mol. The minimum Gasteiger partial charge on any atom is -0.444 e. The number of amides is 1. The van der Waals surface area contributed by atoms with E-state index in [0.717, 1.165) is 5.69 Å². The van der Waals surface area contributed by atoms with Gasteiger partial charge in [0.15, 0.2) is 0 Å². The molecule has 0 aromatic heterocycles. The fraction of sp³-hybridized carbons (Fsp3) is 0.421. The van der Waals surface area contributed by atoms with Gasteiger partial charge >= 0.3 is 6.09 Å². The van der Waals surface area contributed by atoms with E-state index in [4.69, 9.17) is 26.9 Å². The van der Waals surface area contributed by atoms with Crippen LogP contribution in [-0.4, -0.2) is 42.8 Å². The number of piperazine rings is 1. The molecule has 1 aromatic carbocycles. The number of nitrogens with one attached hydrogen (secondary N) is 1. The van der Waals surface area contributed by atoms with Crippen LogP contribution in [-0.2, 0) is 4.74 Å². The molecule has 0 spiro atoms. The molecule has 0 radical (unpaired) electrons. The van der Waals surface area contributed by atoms with Gasteiger partial charge in [0.1, 0.15) is 23.3 Å². The maximum atomic E-state index is 12.1. The lowest BCUT2D eigenvalue weighted by molar-refractivity contribution is 0.0240. The van der Waals surface area contributed by atoms with E-state index in [2.05, 4.69) is 10.2 Å². The molecule has 142 valence electrons. The molecule has 0 aliphatic carbocycles. The van der Waals surface area contributed by atoms with E-state index < -0.39 is 5.60 Å². The van der Waals surface area contributed by atoms with Gasteiger partial charge in [0.25, 0.3) is 0 Å². The van der Waals surface area contributed by atoms with Gasteiger partial charge in [0.2, 0.25) is 0 Å². The van der Waals surface area contributed by atoms with Crippen molar-refractivity contribution in [3.05, 3.63) is 35.0 Å². The summed E-state index contributed by atoms with van der Waals surface area (Å²) in [7, 11) is 0. The molecule has 8 heteroatoms. The molecule has 1 aliphatic rings. The molecule has 1 aliphatic heterocycles. The lowest BCUT2D eigenvalue weighted by Crippen LogP contribution is -2.50. The average Bonchev–Trinajstić information content (AvgIpc) is 2.61. The standard InChI is InChI=1S/C19H22ClN5O2/c1-19(2,3)27-18(26)25-8-6-24(7-9-25)17-5-4-15(10-16(17)20)23-13-14(11-21)12-22/h4-5,10,13,23H,6-9H2,1-3H3. The molecule has 1 fully saturated rings. The van der Waals surface area contributed by atoms with Crippen LogP contribution in [0.3, 0.4) is 0 Å².